The number of hydrazone groups is 1. The van der Waals surface area contributed by atoms with Crippen molar-refractivity contribution >= 4 is 12.1 Å². The van der Waals surface area contributed by atoms with Crippen LogP contribution in [0.25, 0.3) is 0 Å². The van der Waals surface area contributed by atoms with Crippen molar-refractivity contribution in [2.45, 2.75) is 0 Å². The van der Waals surface area contributed by atoms with E-state index in [4.69, 9.17) is 9.47 Å². The van der Waals surface area contributed by atoms with E-state index in [0.717, 1.165) is 0 Å². The van der Waals surface area contributed by atoms with Gasteiger partial charge >= 0.3 is 0 Å². The quantitative estimate of drug-likeness (QED) is 0.696. The third-order valence-electron chi connectivity index (χ3n) is 2.91. The molecule has 0 saturated heterocycles. The van der Waals surface area contributed by atoms with Gasteiger partial charge in [0.15, 0.2) is 11.5 Å². The van der Waals surface area contributed by atoms with Crippen LogP contribution < -0.4 is 14.9 Å². The smallest absolute Gasteiger partial charge is 0.271 e. The fourth-order valence-corrected chi connectivity index (χ4v) is 1.84. The molecular weight excluding hydrogens is 275 g/mol. The van der Waals surface area contributed by atoms with Crippen LogP contribution in [0.2, 0.25) is 0 Å². The van der Waals surface area contributed by atoms with Gasteiger partial charge in [0.25, 0.3) is 5.91 Å². The zero-order valence-electron chi connectivity index (χ0n) is 10.9. The van der Waals surface area contributed by atoms with Gasteiger partial charge in [0.2, 0.25) is 6.79 Å². The number of halogens is 1. The van der Waals surface area contributed by atoms with E-state index in [1.807, 2.05) is 0 Å². The molecule has 0 aromatic heterocycles. The van der Waals surface area contributed by atoms with E-state index in [0.29, 0.717) is 22.6 Å². The van der Waals surface area contributed by atoms with Crippen molar-refractivity contribution in [3.63, 3.8) is 0 Å². The summed E-state index contributed by atoms with van der Waals surface area (Å²) in [5.41, 5.74) is 3.01. The Hall–Kier alpha value is -2.89. The van der Waals surface area contributed by atoms with E-state index < -0.39 is 11.7 Å². The Kier molecular flexibility index (Phi) is 3.51. The molecule has 2 aromatic carbocycles. The molecule has 1 heterocycles. The average Bonchev–Trinajstić information content (AvgIpc) is 2.96. The third-order valence-corrected chi connectivity index (χ3v) is 2.91. The minimum Gasteiger partial charge on any atom is -0.454 e. The van der Waals surface area contributed by atoms with E-state index in [9.17, 15) is 9.18 Å². The standard InChI is InChI=1S/C15H11FN2O3/c16-12-4-2-1-3-11(12)8-17-18-15(19)10-5-6-13-14(7-10)21-9-20-13/h1-8H,9H2,(H,18,19)/b17-8-. The van der Waals surface area contributed by atoms with Crippen LogP contribution in [0.3, 0.4) is 0 Å². The molecule has 1 amide bonds. The maximum absolute atomic E-state index is 13.4. The number of ether oxygens (including phenoxy) is 2. The van der Waals surface area contributed by atoms with E-state index in [1.54, 1.807) is 36.4 Å². The molecule has 21 heavy (non-hydrogen) atoms. The summed E-state index contributed by atoms with van der Waals surface area (Å²) in [6.45, 7) is 0.145. The van der Waals surface area contributed by atoms with E-state index in [2.05, 4.69) is 10.5 Å². The van der Waals surface area contributed by atoms with Crippen LogP contribution in [-0.4, -0.2) is 18.9 Å². The second-order valence-electron chi connectivity index (χ2n) is 4.29. The normalized spacial score (nSPS) is 12.6. The number of fused-ring (bicyclic) bond motifs is 1. The molecule has 0 bridgehead atoms. The van der Waals surface area contributed by atoms with Gasteiger partial charge in [0, 0.05) is 11.1 Å². The number of nitrogens with zero attached hydrogens (tertiary/aromatic N) is 1. The summed E-state index contributed by atoms with van der Waals surface area (Å²) in [7, 11) is 0. The second kappa shape index (κ2) is 5.62. The Morgan fingerprint density at radius 1 is 1.19 bits per heavy atom. The van der Waals surface area contributed by atoms with Crippen molar-refractivity contribution in [3.8, 4) is 11.5 Å². The van der Waals surface area contributed by atoms with Crippen molar-refractivity contribution < 1.29 is 18.7 Å². The monoisotopic (exact) mass is 286 g/mol. The molecule has 3 rings (SSSR count). The zero-order chi connectivity index (χ0) is 14.7. The van der Waals surface area contributed by atoms with Gasteiger partial charge in [0.1, 0.15) is 5.82 Å². The van der Waals surface area contributed by atoms with Crippen molar-refractivity contribution in [2.75, 3.05) is 6.79 Å². The number of carbonyl (C=O) groups is 1. The van der Waals surface area contributed by atoms with E-state index >= 15 is 0 Å². The maximum Gasteiger partial charge on any atom is 0.271 e. The van der Waals surface area contributed by atoms with Crippen LogP contribution in [0.5, 0.6) is 11.5 Å². The van der Waals surface area contributed by atoms with Gasteiger partial charge in [-0.25, -0.2) is 9.82 Å². The van der Waals surface area contributed by atoms with Crippen LogP contribution in [0, 0.1) is 5.82 Å². The molecular formula is C15H11FN2O3. The summed E-state index contributed by atoms with van der Waals surface area (Å²) in [5, 5.41) is 3.74. The Morgan fingerprint density at radius 2 is 2.00 bits per heavy atom. The molecule has 0 spiro atoms. The number of hydrogen-bond acceptors (Lipinski definition) is 4. The first-order chi connectivity index (χ1) is 10.2. The number of carbonyl (C=O) groups excluding carboxylic acids is 1. The number of amides is 1. The van der Waals surface area contributed by atoms with Crippen molar-refractivity contribution in [1.29, 1.82) is 0 Å². The van der Waals surface area contributed by atoms with E-state index in [-0.39, 0.29) is 6.79 Å². The lowest BCUT2D eigenvalue weighted by Gasteiger charge is -2.01. The van der Waals surface area contributed by atoms with Gasteiger partial charge in [-0.1, -0.05) is 18.2 Å². The van der Waals surface area contributed by atoms with Crippen LogP contribution >= 0.6 is 0 Å². The number of benzene rings is 2. The molecule has 1 aliphatic rings. The molecule has 2 aromatic rings. The molecule has 106 valence electrons. The fourth-order valence-electron chi connectivity index (χ4n) is 1.84. The SMILES string of the molecule is O=C(N/N=C\c1ccccc1F)c1ccc2c(c1)OCO2. The minimum atomic E-state index is -0.416. The fraction of sp³-hybridized carbons (Fsp3) is 0.0667. The Morgan fingerprint density at radius 3 is 2.86 bits per heavy atom. The second-order valence-corrected chi connectivity index (χ2v) is 4.29. The summed E-state index contributed by atoms with van der Waals surface area (Å²) >= 11 is 0. The van der Waals surface area contributed by atoms with Crippen molar-refractivity contribution in [1.82, 2.24) is 5.43 Å². The number of rotatable bonds is 3. The van der Waals surface area contributed by atoms with Gasteiger partial charge in [-0.2, -0.15) is 5.10 Å². The molecule has 5 nitrogen and oxygen atoms in total. The molecule has 6 heteroatoms. The van der Waals surface area contributed by atoms with Gasteiger partial charge in [-0.3, -0.25) is 4.79 Å². The third kappa shape index (κ3) is 2.84. The summed E-state index contributed by atoms with van der Waals surface area (Å²) in [5.74, 6) is 0.293. The summed E-state index contributed by atoms with van der Waals surface area (Å²) in [6.07, 6.45) is 1.25. The molecule has 0 unspecified atom stereocenters. The zero-order valence-corrected chi connectivity index (χ0v) is 10.9. The molecule has 0 atom stereocenters. The highest BCUT2D eigenvalue weighted by atomic mass is 19.1. The lowest BCUT2D eigenvalue weighted by Crippen LogP contribution is -2.17. The largest absolute Gasteiger partial charge is 0.454 e. The van der Waals surface area contributed by atoms with Gasteiger partial charge in [-0.15, -0.1) is 0 Å². The topological polar surface area (TPSA) is 59.9 Å². The van der Waals surface area contributed by atoms with Gasteiger partial charge < -0.3 is 9.47 Å². The Labute approximate surface area is 120 Å². The van der Waals surface area contributed by atoms with E-state index in [1.165, 1.54) is 12.3 Å². The number of hydrogen-bond donors (Lipinski definition) is 1. The van der Waals surface area contributed by atoms with Gasteiger partial charge in [-0.05, 0) is 24.3 Å². The van der Waals surface area contributed by atoms with Gasteiger partial charge in [0.05, 0.1) is 6.21 Å². The van der Waals surface area contributed by atoms with Crippen LogP contribution in [-0.2, 0) is 0 Å². The molecule has 0 radical (unpaired) electrons. The lowest BCUT2D eigenvalue weighted by atomic mass is 10.2. The van der Waals surface area contributed by atoms with Crippen LogP contribution in [0.1, 0.15) is 15.9 Å². The first-order valence-corrected chi connectivity index (χ1v) is 6.21. The Balaban J connectivity index is 1.68. The minimum absolute atomic E-state index is 0.145. The Bertz CT molecular complexity index is 716. The predicted molar refractivity (Wildman–Crippen MR) is 74.0 cm³/mol. The first-order valence-electron chi connectivity index (χ1n) is 6.21. The molecule has 1 N–H and O–H groups in total. The first kappa shape index (κ1) is 13.1. The molecule has 0 fully saturated rings. The maximum atomic E-state index is 13.4. The highest BCUT2D eigenvalue weighted by Gasteiger charge is 2.15. The number of nitrogens with one attached hydrogen (secondary N) is 1. The average molecular weight is 286 g/mol. The molecule has 0 aliphatic carbocycles. The van der Waals surface area contributed by atoms with Crippen LogP contribution in [0.15, 0.2) is 47.6 Å². The van der Waals surface area contributed by atoms with Crippen LogP contribution in [0.4, 0.5) is 4.39 Å². The van der Waals surface area contributed by atoms with Crippen molar-refractivity contribution in [2.24, 2.45) is 5.10 Å². The molecule has 0 saturated carbocycles. The molecule has 1 aliphatic heterocycles. The lowest BCUT2D eigenvalue weighted by molar-refractivity contribution is 0.0954. The summed E-state index contributed by atoms with van der Waals surface area (Å²) in [6, 6.07) is 11.0. The van der Waals surface area contributed by atoms with Crippen molar-refractivity contribution in [3.05, 3.63) is 59.4 Å². The highest BCUT2D eigenvalue weighted by molar-refractivity contribution is 5.95. The summed E-state index contributed by atoms with van der Waals surface area (Å²) in [4.78, 5) is 11.9. The predicted octanol–water partition coefficient (Wildman–Crippen LogP) is 2.32. The summed E-state index contributed by atoms with van der Waals surface area (Å²) < 4.78 is 23.7. The highest BCUT2D eigenvalue weighted by Crippen LogP contribution is 2.32.